The number of ether oxygens (including phenoxy) is 1. The number of rotatable bonds is 3. The maximum atomic E-state index is 12.4. The van der Waals surface area contributed by atoms with Crippen molar-refractivity contribution in [2.45, 2.75) is 95.7 Å². The lowest BCUT2D eigenvalue weighted by Crippen LogP contribution is -2.54. The van der Waals surface area contributed by atoms with E-state index in [0.717, 1.165) is 12.8 Å². The van der Waals surface area contributed by atoms with Gasteiger partial charge >= 0.3 is 12.3 Å². The van der Waals surface area contributed by atoms with Crippen molar-refractivity contribution in [2.24, 2.45) is 0 Å². The van der Waals surface area contributed by atoms with Crippen molar-refractivity contribution in [3.8, 4) is 0 Å². The third kappa shape index (κ3) is 5.26. The zero-order valence-corrected chi connectivity index (χ0v) is 14.2. The first-order valence-electron chi connectivity index (χ1n) is 8.29. The van der Waals surface area contributed by atoms with Gasteiger partial charge in [-0.15, -0.1) is 0 Å². The zero-order valence-electron chi connectivity index (χ0n) is 14.2. The summed E-state index contributed by atoms with van der Waals surface area (Å²) in [6.45, 7) is 7.06. The van der Waals surface area contributed by atoms with E-state index in [2.05, 4.69) is 5.32 Å². The molecule has 7 heteroatoms. The number of hydrogen-bond acceptors (Lipinski definition) is 3. The number of carbonyl (C=O) groups excluding carboxylic acids is 1. The van der Waals surface area contributed by atoms with Gasteiger partial charge in [0, 0.05) is 24.2 Å². The van der Waals surface area contributed by atoms with Gasteiger partial charge in [0.1, 0.15) is 5.60 Å². The highest BCUT2D eigenvalue weighted by Crippen LogP contribution is 2.37. The van der Waals surface area contributed by atoms with E-state index in [0.29, 0.717) is 12.8 Å². The monoisotopic (exact) mass is 336 g/mol. The zero-order chi connectivity index (χ0) is 17.4. The third-order valence-electron chi connectivity index (χ3n) is 4.40. The van der Waals surface area contributed by atoms with E-state index in [1.807, 2.05) is 20.8 Å². The molecule has 134 valence electrons. The van der Waals surface area contributed by atoms with Gasteiger partial charge in [0.2, 0.25) is 0 Å². The minimum Gasteiger partial charge on any atom is -0.444 e. The maximum Gasteiger partial charge on any atom is 0.410 e. The maximum absolute atomic E-state index is 12.4. The number of alkyl halides is 3. The predicted molar refractivity (Wildman–Crippen MR) is 81.2 cm³/mol. The first-order chi connectivity index (χ1) is 10.4. The Bertz CT molecular complexity index is 420. The molecule has 4 atom stereocenters. The van der Waals surface area contributed by atoms with E-state index in [1.54, 1.807) is 11.8 Å². The van der Waals surface area contributed by atoms with Gasteiger partial charge in [0.05, 0.1) is 6.42 Å². The van der Waals surface area contributed by atoms with E-state index in [1.165, 1.54) is 0 Å². The summed E-state index contributed by atoms with van der Waals surface area (Å²) >= 11 is 0. The van der Waals surface area contributed by atoms with Crippen molar-refractivity contribution in [3.05, 3.63) is 0 Å². The fourth-order valence-electron chi connectivity index (χ4n) is 3.73. The van der Waals surface area contributed by atoms with Crippen LogP contribution in [-0.4, -0.2) is 46.9 Å². The molecule has 1 amide bonds. The number of carbonyl (C=O) groups is 1. The third-order valence-corrected chi connectivity index (χ3v) is 4.40. The molecule has 0 radical (unpaired) electrons. The van der Waals surface area contributed by atoms with Crippen LogP contribution in [0.2, 0.25) is 0 Å². The minimum absolute atomic E-state index is 0.0311. The van der Waals surface area contributed by atoms with Gasteiger partial charge in [0.25, 0.3) is 0 Å². The molecule has 2 rings (SSSR count). The first kappa shape index (κ1) is 18.4. The molecule has 2 heterocycles. The lowest BCUT2D eigenvalue weighted by atomic mass is 9.96. The Balaban J connectivity index is 1.90. The highest BCUT2D eigenvalue weighted by atomic mass is 19.4. The normalized spacial score (nSPS) is 29.5. The van der Waals surface area contributed by atoms with Crippen LogP contribution in [0, 0.1) is 0 Å². The Hall–Kier alpha value is -0.980. The number of halogens is 3. The van der Waals surface area contributed by atoms with Crippen molar-refractivity contribution >= 4 is 6.09 Å². The summed E-state index contributed by atoms with van der Waals surface area (Å²) in [6.07, 6.45) is -2.09. The van der Waals surface area contributed by atoms with E-state index in [-0.39, 0.29) is 24.2 Å². The smallest absolute Gasteiger partial charge is 0.410 e. The summed E-state index contributed by atoms with van der Waals surface area (Å²) in [5, 5.41) is 3.09. The molecule has 2 bridgehead atoms. The number of nitrogens with one attached hydrogen (secondary N) is 1. The number of fused-ring (bicyclic) bond motifs is 2. The molecule has 23 heavy (non-hydrogen) atoms. The molecule has 2 fully saturated rings. The van der Waals surface area contributed by atoms with Crippen LogP contribution < -0.4 is 5.32 Å². The summed E-state index contributed by atoms with van der Waals surface area (Å²) in [5.74, 6) is 0. The van der Waals surface area contributed by atoms with E-state index in [4.69, 9.17) is 4.74 Å². The number of hydrogen-bond donors (Lipinski definition) is 1. The van der Waals surface area contributed by atoms with Crippen molar-refractivity contribution < 1.29 is 22.7 Å². The van der Waals surface area contributed by atoms with Gasteiger partial charge < -0.3 is 15.0 Å². The van der Waals surface area contributed by atoms with Crippen molar-refractivity contribution in [1.82, 2.24) is 10.2 Å². The van der Waals surface area contributed by atoms with Crippen molar-refractivity contribution in [1.29, 1.82) is 0 Å². The van der Waals surface area contributed by atoms with E-state index >= 15 is 0 Å². The predicted octanol–water partition coefficient (Wildman–Crippen LogP) is 3.85. The Morgan fingerprint density at radius 3 is 2.17 bits per heavy atom. The van der Waals surface area contributed by atoms with Gasteiger partial charge in [-0.3, -0.25) is 0 Å². The summed E-state index contributed by atoms with van der Waals surface area (Å²) < 4.78 is 42.8. The van der Waals surface area contributed by atoms with E-state index < -0.39 is 24.2 Å². The molecule has 0 aromatic rings. The molecule has 0 aromatic carbocycles. The summed E-state index contributed by atoms with van der Waals surface area (Å²) in [5.41, 5.74) is -0.535. The topological polar surface area (TPSA) is 41.6 Å². The Morgan fingerprint density at radius 1 is 1.22 bits per heavy atom. The largest absolute Gasteiger partial charge is 0.444 e. The number of piperidine rings is 1. The molecule has 0 aliphatic carbocycles. The summed E-state index contributed by atoms with van der Waals surface area (Å²) in [6, 6.07) is -0.436. The lowest BCUT2D eigenvalue weighted by molar-refractivity contribution is -0.139. The highest BCUT2D eigenvalue weighted by molar-refractivity contribution is 5.69. The second-order valence-corrected chi connectivity index (χ2v) is 7.83. The molecular weight excluding hydrogens is 309 g/mol. The van der Waals surface area contributed by atoms with Crippen LogP contribution in [0.25, 0.3) is 0 Å². The molecule has 2 saturated heterocycles. The molecule has 0 saturated carbocycles. The van der Waals surface area contributed by atoms with Crippen molar-refractivity contribution in [3.63, 3.8) is 0 Å². The van der Waals surface area contributed by atoms with Crippen LogP contribution in [-0.2, 0) is 4.74 Å². The van der Waals surface area contributed by atoms with Crippen LogP contribution in [0.15, 0.2) is 0 Å². The molecule has 0 spiro atoms. The Kier molecular flexibility index (Phi) is 5.18. The van der Waals surface area contributed by atoms with Gasteiger partial charge in [-0.2, -0.15) is 13.2 Å². The van der Waals surface area contributed by atoms with Crippen LogP contribution in [0.1, 0.15) is 59.8 Å². The fraction of sp³-hybridized carbons (Fsp3) is 0.938. The van der Waals surface area contributed by atoms with Crippen LogP contribution >= 0.6 is 0 Å². The molecular formula is C16H27F3N2O2. The molecule has 2 aliphatic heterocycles. The molecule has 0 aromatic heterocycles. The number of amides is 1. The average Bonchev–Trinajstić information content (AvgIpc) is 2.57. The SMILES string of the molecule is C[C@@H](CC(F)(F)F)NC1C[C@H]2CC[C@@H](C1)N2C(=O)OC(C)(C)C. The van der Waals surface area contributed by atoms with Crippen LogP contribution in [0.3, 0.4) is 0 Å². The fourth-order valence-corrected chi connectivity index (χ4v) is 3.73. The quantitative estimate of drug-likeness (QED) is 0.851. The van der Waals surface area contributed by atoms with Crippen LogP contribution in [0.4, 0.5) is 18.0 Å². The standard InChI is InChI=1S/C16H27F3N2O2/c1-10(9-16(17,18)19)20-11-7-12-5-6-13(8-11)21(12)14(22)23-15(2,3)4/h10-13,20H,5-9H2,1-4H3/t10-,11?,12-,13+/m0/s1. The Morgan fingerprint density at radius 2 is 1.74 bits per heavy atom. The van der Waals surface area contributed by atoms with Crippen LogP contribution in [0.5, 0.6) is 0 Å². The molecule has 4 nitrogen and oxygen atoms in total. The Labute approximate surface area is 135 Å². The summed E-state index contributed by atoms with van der Waals surface area (Å²) in [7, 11) is 0. The molecule has 1 N–H and O–H groups in total. The number of nitrogens with zero attached hydrogens (tertiary/aromatic N) is 1. The van der Waals surface area contributed by atoms with Crippen molar-refractivity contribution in [2.75, 3.05) is 0 Å². The molecule has 2 aliphatic rings. The van der Waals surface area contributed by atoms with Gasteiger partial charge in [0.15, 0.2) is 0 Å². The summed E-state index contributed by atoms with van der Waals surface area (Å²) in [4.78, 5) is 14.1. The second-order valence-electron chi connectivity index (χ2n) is 7.83. The van der Waals surface area contributed by atoms with Gasteiger partial charge in [-0.25, -0.2) is 4.79 Å². The second kappa shape index (κ2) is 6.49. The van der Waals surface area contributed by atoms with Gasteiger partial charge in [-0.1, -0.05) is 0 Å². The van der Waals surface area contributed by atoms with Gasteiger partial charge in [-0.05, 0) is 53.4 Å². The lowest BCUT2D eigenvalue weighted by Gasteiger charge is -2.40. The first-order valence-corrected chi connectivity index (χ1v) is 8.29. The highest BCUT2D eigenvalue weighted by Gasteiger charge is 2.45. The molecule has 1 unspecified atom stereocenters. The minimum atomic E-state index is -4.15. The average molecular weight is 336 g/mol. The van der Waals surface area contributed by atoms with E-state index in [9.17, 15) is 18.0 Å².